The topological polar surface area (TPSA) is 84.7 Å². The Hall–Kier alpha value is -2.52. The number of anilines is 1. The Kier molecular flexibility index (Phi) is 5.79. The molecule has 3 rings (SSSR count). The molecule has 0 radical (unpaired) electrons. The maximum Gasteiger partial charge on any atom is 0.325 e. The Morgan fingerprint density at radius 1 is 1.42 bits per heavy atom. The molecule has 8 nitrogen and oxygen atoms in total. The Balaban J connectivity index is 1.53. The second kappa shape index (κ2) is 8.24. The van der Waals surface area contributed by atoms with Gasteiger partial charge < -0.3 is 15.0 Å². The summed E-state index contributed by atoms with van der Waals surface area (Å²) >= 11 is 1.62. The van der Waals surface area contributed by atoms with Crippen LogP contribution in [0.2, 0.25) is 0 Å². The highest BCUT2D eigenvalue weighted by Crippen LogP contribution is 2.17. The number of nitrogens with zero attached hydrogens (tertiary/aromatic N) is 5. The smallest absolute Gasteiger partial charge is 0.325 e. The zero-order valence-electron chi connectivity index (χ0n) is 15.0. The number of likely N-dealkylation sites (N-methyl/N-ethyl adjacent to an activating group) is 1. The van der Waals surface area contributed by atoms with Crippen LogP contribution in [0, 0.1) is 0 Å². The van der Waals surface area contributed by atoms with Gasteiger partial charge in [0.2, 0.25) is 5.95 Å². The van der Waals surface area contributed by atoms with E-state index < -0.39 is 0 Å². The summed E-state index contributed by atoms with van der Waals surface area (Å²) in [7, 11) is 1.76. The van der Waals surface area contributed by atoms with Gasteiger partial charge in [-0.3, -0.25) is 9.20 Å². The van der Waals surface area contributed by atoms with Gasteiger partial charge in [-0.25, -0.2) is 15.0 Å². The van der Waals surface area contributed by atoms with Gasteiger partial charge in [-0.2, -0.15) is 0 Å². The third kappa shape index (κ3) is 4.36. The van der Waals surface area contributed by atoms with E-state index >= 15 is 0 Å². The van der Waals surface area contributed by atoms with E-state index in [1.807, 2.05) is 22.2 Å². The molecule has 0 amide bonds. The molecule has 0 aliphatic carbocycles. The van der Waals surface area contributed by atoms with Crippen LogP contribution in [0.1, 0.15) is 31.1 Å². The molecule has 3 aromatic rings. The Labute approximate surface area is 155 Å². The number of fused-ring (bicyclic) bond motifs is 1. The number of carbonyl (C=O) groups is 1. The molecule has 0 unspecified atom stereocenters. The maximum absolute atomic E-state index is 11.5. The summed E-state index contributed by atoms with van der Waals surface area (Å²) in [6, 6.07) is 0.119. The highest BCUT2D eigenvalue weighted by molar-refractivity contribution is 7.15. The normalized spacial score (nSPS) is 12.3. The number of nitrogens with one attached hydrogen (secondary N) is 1. The average molecular weight is 374 g/mol. The summed E-state index contributed by atoms with van der Waals surface area (Å²) < 4.78 is 6.95. The van der Waals surface area contributed by atoms with Crippen molar-refractivity contribution in [1.82, 2.24) is 24.7 Å². The van der Waals surface area contributed by atoms with Gasteiger partial charge in [0.15, 0.2) is 4.96 Å². The molecule has 3 aromatic heterocycles. The zero-order chi connectivity index (χ0) is 18.5. The number of aromatic nitrogens is 4. The lowest BCUT2D eigenvalue weighted by Gasteiger charge is -2.16. The van der Waals surface area contributed by atoms with Gasteiger partial charge in [0.25, 0.3) is 0 Å². The Morgan fingerprint density at radius 2 is 2.19 bits per heavy atom. The molecule has 0 fully saturated rings. The number of thiazole rings is 1. The van der Waals surface area contributed by atoms with Crippen LogP contribution in [-0.4, -0.2) is 45.5 Å². The minimum absolute atomic E-state index is 0.119. The zero-order valence-corrected chi connectivity index (χ0v) is 15.9. The van der Waals surface area contributed by atoms with Crippen LogP contribution in [0.25, 0.3) is 4.96 Å². The molecule has 0 aromatic carbocycles. The number of hydrogen-bond donors (Lipinski definition) is 1. The quantitative estimate of drug-likeness (QED) is 0.604. The van der Waals surface area contributed by atoms with E-state index in [1.165, 1.54) is 0 Å². The van der Waals surface area contributed by atoms with Crippen LogP contribution in [0.3, 0.4) is 0 Å². The third-order valence-corrected chi connectivity index (χ3v) is 4.64. The van der Waals surface area contributed by atoms with Gasteiger partial charge >= 0.3 is 5.97 Å². The number of hydrogen-bond acceptors (Lipinski definition) is 8. The molecule has 0 saturated carbocycles. The van der Waals surface area contributed by atoms with Crippen molar-refractivity contribution in [3.8, 4) is 0 Å². The molecule has 138 valence electrons. The SMILES string of the molecule is CCOC(=O)CN(C)c1ncc(CN[C@@H](C)c2cn3ccsc3n2)cn1. The Morgan fingerprint density at radius 3 is 2.88 bits per heavy atom. The second-order valence-corrected chi connectivity index (χ2v) is 6.79. The van der Waals surface area contributed by atoms with Gasteiger partial charge in [-0.05, 0) is 13.8 Å². The van der Waals surface area contributed by atoms with E-state index in [9.17, 15) is 4.79 Å². The van der Waals surface area contributed by atoms with Gasteiger partial charge in [0, 0.05) is 55.4 Å². The van der Waals surface area contributed by atoms with E-state index in [-0.39, 0.29) is 18.6 Å². The van der Waals surface area contributed by atoms with E-state index in [0.717, 1.165) is 16.2 Å². The van der Waals surface area contributed by atoms with Crippen molar-refractivity contribution in [2.24, 2.45) is 0 Å². The molecule has 26 heavy (non-hydrogen) atoms. The van der Waals surface area contributed by atoms with Crippen LogP contribution in [0.4, 0.5) is 5.95 Å². The van der Waals surface area contributed by atoms with Crippen LogP contribution in [0.5, 0.6) is 0 Å². The predicted octanol–water partition coefficient (Wildman–Crippen LogP) is 2.04. The lowest BCUT2D eigenvalue weighted by Crippen LogP contribution is -2.28. The third-order valence-electron chi connectivity index (χ3n) is 3.87. The maximum atomic E-state index is 11.5. The fourth-order valence-electron chi connectivity index (χ4n) is 2.44. The van der Waals surface area contributed by atoms with Crippen molar-refractivity contribution in [2.75, 3.05) is 25.1 Å². The molecule has 9 heteroatoms. The monoisotopic (exact) mass is 374 g/mol. The van der Waals surface area contributed by atoms with E-state index in [4.69, 9.17) is 4.74 Å². The number of ether oxygens (including phenoxy) is 1. The standard InChI is InChI=1S/C17H22N6O2S/c1-4-25-15(24)11-22(3)16-19-8-13(9-20-16)7-18-12(2)14-10-23-5-6-26-17(23)21-14/h5-6,8-10,12,18H,4,7,11H2,1-3H3/t12-/m0/s1. The van der Waals surface area contributed by atoms with Gasteiger partial charge in [-0.15, -0.1) is 11.3 Å². The summed E-state index contributed by atoms with van der Waals surface area (Å²) in [5.41, 5.74) is 1.97. The van der Waals surface area contributed by atoms with Crippen molar-refractivity contribution < 1.29 is 9.53 Å². The molecular weight excluding hydrogens is 352 g/mol. The molecule has 0 saturated heterocycles. The highest BCUT2D eigenvalue weighted by Gasteiger charge is 2.12. The van der Waals surface area contributed by atoms with Crippen LogP contribution in [0.15, 0.2) is 30.2 Å². The van der Waals surface area contributed by atoms with Gasteiger partial charge in [0.1, 0.15) is 6.54 Å². The largest absolute Gasteiger partial charge is 0.465 e. The number of esters is 1. The van der Waals surface area contributed by atoms with Gasteiger partial charge in [-0.1, -0.05) is 0 Å². The van der Waals surface area contributed by atoms with Crippen LogP contribution < -0.4 is 10.2 Å². The molecule has 0 spiro atoms. The number of imidazole rings is 1. The molecule has 1 atom stereocenters. The summed E-state index contributed by atoms with van der Waals surface area (Å²) in [4.78, 5) is 27.4. The van der Waals surface area contributed by atoms with Crippen molar-refractivity contribution in [3.05, 3.63) is 41.4 Å². The van der Waals surface area contributed by atoms with Crippen LogP contribution >= 0.6 is 11.3 Å². The molecule has 0 bridgehead atoms. The molecule has 3 heterocycles. The fraction of sp³-hybridized carbons (Fsp3) is 0.412. The first-order valence-corrected chi connectivity index (χ1v) is 9.28. The summed E-state index contributed by atoms with van der Waals surface area (Å²) in [5.74, 6) is 0.197. The molecular formula is C17H22N6O2S. The molecule has 1 N–H and O–H groups in total. The minimum Gasteiger partial charge on any atom is -0.465 e. The lowest BCUT2D eigenvalue weighted by atomic mass is 10.2. The summed E-state index contributed by atoms with van der Waals surface area (Å²) in [6.07, 6.45) is 7.56. The van der Waals surface area contributed by atoms with E-state index in [0.29, 0.717) is 19.1 Å². The van der Waals surface area contributed by atoms with Crippen molar-refractivity contribution in [3.63, 3.8) is 0 Å². The van der Waals surface area contributed by atoms with Crippen molar-refractivity contribution in [1.29, 1.82) is 0 Å². The first-order chi connectivity index (χ1) is 12.6. The first-order valence-electron chi connectivity index (χ1n) is 8.40. The Bertz CT molecular complexity index is 831. The fourth-order valence-corrected chi connectivity index (χ4v) is 3.14. The second-order valence-electron chi connectivity index (χ2n) is 5.91. The average Bonchev–Trinajstić information content (AvgIpc) is 3.22. The van der Waals surface area contributed by atoms with Crippen LogP contribution in [-0.2, 0) is 16.1 Å². The summed E-state index contributed by atoms with van der Waals surface area (Å²) in [6.45, 7) is 4.98. The number of carbonyl (C=O) groups excluding carboxylic acids is 1. The molecule has 0 aliphatic heterocycles. The van der Waals surface area contributed by atoms with E-state index in [2.05, 4.69) is 27.2 Å². The lowest BCUT2D eigenvalue weighted by molar-refractivity contribution is -0.141. The predicted molar refractivity (Wildman–Crippen MR) is 100 cm³/mol. The molecule has 0 aliphatic rings. The van der Waals surface area contributed by atoms with Gasteiger partial charge in [0.05, 0.1) is 12.3 Å². The van der Waals surface area contributed by atoms with Crippen molar-refractivity contribution in [2.45, 2.75) is 26.4 Å². The minimum atomic E-state index is -0.293. The van der Waals surface area contributed by atoms with Crippen molar-refractivity contribution >= 4 is 28.2 Å². The first kappa shape index (κ1) is 18.3. The summed E-state index contributed by atoms with van der Waals surface area (Å²) in [5, 5.41) is 5.44. The highest BCUT2D eigenvalue weighted by atomic mass is 32.1. The number of rotatable bonds is 8. The van der Waals surface area contributed by atoms with E-state index in [1.54, 1.807) is 42.6 Å².